The van der Waals surface area contributed by atoms with Crippen LogP contribution in [0.25, 0.3) is 0 Å². The van der Waals surface area contributed by atoms with E-state index in [1.54, 1.807) is 0 Å². The van der Waals surface area contributed by atoms with Crippen molar-refractivity contribution in [1.82, 2.24) is 9.80 Å². The van der Waals surface area contributed by atoms with Crippen LogP contribution in [0.3, 0.4) is 0 Å². The zero-order valence-electron chi connectivity index (χ0n) is 13.0. The van der Waals surface area contributed by atoms with E-state index in [2.05, 4.69) is 23.6 Å². The highest BCUT2D eigenvalue weighted by Crippen LogP contribution is 2.31. The third kappa shape index (κ3) is 3.31. The molecule has 5 nitrogen and oxygen atoms in total. The molecule has 0 aliphatic carbocycles. The fourth-order valence-electron chi connectivity index (χ4n) is 3.12. The summed E-state index contributed by atoms with van der Waals surface area (Å²) in [6.07, 6.45) is 0. The standard InChI is InChI=1S/C16H25N3O2/c1-12(2)19-5-3-18(4-6-19)9-13-7-15(17)8-14-10-20-11-21-16(13)14/h7-8,12H,3-6,9-11,17H2,1-2H3. The molecule has 2 N–H and O–H groups in total. The lowest BCUT2D eigenvalue weighted by Crippen LogP contribution is -2.48. The SMILES string of the molecule is CC(C)N1CCN(Cc2cc(N)cc3c2OCOC3)CC1. The molecule has 2 aliphatic rings. The molecule has 5 heteroatoms. The highest BCUT2D eigenvalue weighted by molar-refractivity contribution is 5.53. The molecule has 116 valence electrons. The van der Waals surface area contributed by atoms with Crippen molar-refractivity contribution >= 4 is 5.69 Å². The molecule has 0 bridgehead atoms. The summed E-state index contributed by atoms with van der Waals surface area (Å²) in [5.41, 5.74) is 9.06. The predicted octanol–water partition coefficient (Wildman–Crippen LogP) is 1.66. The molecule has 1 aromatic rings. The predicted molar refractivity (Wildman–Crippen MR) is 83.1 cm³/mol. The zero-order valence-corrected chi connectivity index (χ0v) is 13.0. The fourth-order valence-corrected chi connectivity index (χ4v) is 3.12. The van der Waals surface area contributed by atoms with Crippen molar-refractivity contribution in [3.63, 3.8) is 0 Å². The minimum absolute atomic E-state index is 0.338. The molecule has 0 atom stereocenters. The van der Waals surface area contributed by atoms with Gasteiger partial charge in [0, 0.05) is 55.6 Å². The van der Waals surface area contributed by atoms with E-state index in [0.29, 0.717) is 19.4 Å². The maximum Gasteiger partial charge on any atom is 0.189 e. The van der Waals surface area contributed by atoms with Crippen LogP contribution in [0.1, 0.15) is 25.0 Å². The average molecular weight is 291 g/mol. The van der Waals surface area contributed by atoms with Crippen molar-refractivity contribution in [3.8, 4) is 5.75 Å². The van der Waals surface area contributed by atoms with Crippen LogP contribution in [0.5, 0.6) is 5.75 Å². The van der Waals surface area contributed by atoms with Crippen LogP contribution >= 0.6 is 0 Å². The van der Waals surface area contributed by atoms with Gasteiger partial charge in [0.1, 0.15) is 5.75 Å². The van der Waals surface area contributed by atoms with Gasteiger partial charge in [0.05, 0.1) is 6.61 Å². The van der Waals surface area contributed by atoms with Gasteiger partial charge < -0.3 is 15.2 Å². The van der Waals surface area contributed by atoms with Crippen LogP contribution in [0, 0.1) is 0 Å². The summed E-state index contributed by atoms with van der Waals surface area (Å²) in [6.45, 7) is 10.8. The van der Waals surface area contributed by atoms with Gasteiger partial charge in [0.2, 0.25) is 0 Å². The van der Waals surface area contributed by atoms with Gasteiger partial charge in [-0.05, 0) is 26.0 Å². The van der Waals surface area contributed by atoms with Gasteiger partial charge in [-0.15, -0.1) is 0 Å². The van der Waals surface area contributed by atoms with Crippen molar-refractivity contribution in [2.24, 2.45) is 0 Å². The number of nitrogens with zero attached hydrogens (tertiary/aromatic N) is 2. The Morgan fingerprint density at radius 1 is 1.19 bits per heavy atom. The van der Waals surface area contributed by atoms with Gasteiger partial charge in [-0.1, -0.05) is 0 Å². The van der Waals surface area contributed by atoms with E-state index in [1.807, 2.05) is 12.1 Å². The first kappa shape index (κ1) is 14.6. The Morgan fingerprint density at radius 2 is 1.95 bits per heavy atom. The lowest BCUT2D eigenvalue weighted by molar-refractivity contribution is -0.0176. The van der Waals surface area contributed by atoms with Crippen LogP contribution in [0.15, 0.2) is 12.1 Å². The van der Waals surface area contributed by atoms with Crippen LogP contribution < -0.4 is 10.5 Å². The quantitative estimate of drug-likeness (QED) is 0.858. The molecule has 2 heterocycles. The number of nitrogen functional groups attached to an aromatic ring is 1. The smallest absolute Gasteiger partial charge is 0.189 e. The number of anilines is 1. The first-order valence-electron chi connectivity index (χ1n) is 7.71. The van der Waals surface area contributed by atoms with Gasteiger partial charge in [-0.2, -0.15) is 0 Å². The van der Waals surface area contributed by atoms with E-state index in [0.717, 1.165) is 49.7 Å². The van der Waals surface area contributed by atoms with Crippen LogP contribution in [0.4, 0.5) is 5.69 Å². The average Bonchev–Trinajstić information content (AvgIpc) is 2.47. The summed E-state index contributed by atoms with van der Waals surface area (Å²) in [4.78, 5) is 5.00. The van der Waals surface area contributed by atoms with Crippen molar-refractivity contribution in [2.75, 3.05) is 38.7 Å². The number of piperazine rings is 1. The van der Waals surface area contributed by atoms with Crippen molar-refractivity contribution < 1.29 is 9.47 Å². The van der Waals surface area contributed by atoms with Crippen LogP contribution in [0.2, 0.25) is 0 Å². The molecule has 0 unspecified atom stereocenters. The van der Waals surface area contributed by atoms with Crippen molar-refractivity contribution in [2.45, 2.75) is 33.0 Å². The number of ether oxygens (including phenoxy) is 2. The summed E-state index contributed by atoms with van der Waals surface area (Å²) in [7, 11) is 0. The van der Waals surface area contributed by atoms with Gasteiger partial charge in [-0.25, -0.2) is 0 Å². The third-order valence-electron chi connectivity index (χ3n) is 4.34. The number of benzene rings is 1. The Kier molecular flexibility index (Phi) is 4.33. The Balaban J connectivity index is 1.70. The Hall–Kier alpha value is -1.30. The number of hydrogen-bond acceptors (Lipinski definition) is 5. The van der Waals surface area contributed by atoms with Gasteiger partial charge in [-0.3, -0.25) is 9.80 Å². The second-order valence-electron chi connectivity index (χ2n) is 6.18. The van der Waals surface area contributed by atoms with Crippen LogP contribution in [-0.2, 0) is 17.9 Å². The molecular formula is C16H25N3O2. The van der Waals surface area contributed by atoms with E-state index < -0.39 is 0 Å². The van der Waals surface area contributed by atoms with E-state index in [9.17, 15) is 0 Å². The van der Waals surface area contributed by atoms with E-state index in [1.165, 1.54) is 5.56 Å². The molecule has 1 saturated heterocycles. The topological polar surface area (TPSA) is 51.0 Å². The minimum Gasteiger partial charge on any atom is -0.467 e. The van der Waals surface area contributed by atoms with Crippen molar-refractivity contribution in [3.05, 3.63) is 23.3 Å². The van der Waals surface area contributed by atoms with Crippen LogP contribution in [-0.4, -0.2) is 48.8 Å². The molecule has 0 saturated carbocycles. The highest BCUT2D eigenvalue weighted by Gasteiger charge is 2.22. The maximum absolute atomic E-state index is 6.01. The van der Waals surface area contributed by atoms with E-state index >= 15 is 0 Å². The normalized spacial score (nSPS) is 20.3. The Labute approximate surface area is 126 Å². The molecule has 1 aromatic carbocycles. The second kappa shape index (κ2) is 6.22. The van der Waals surface area contributed by atoms with Gasteiger partial charge in [0.15, 0.2) is 6.79 Å². The third-order valence-corrected chi connectivity index (χ3v) is 4.34. The van der Waals surface area contributed by atoms with E-state index in [-0.39, 0.29) is 0 Å². The monoisotopic (exact) mass is 291 g/mol. The summed E-state index contributed by atoms with van der Waals surface area (Å²) in [5.74, 6) is 0.974. The molecule has 3 rings (SSSR count). The molecular weight excluding hydrogens is 266 g/mol. The maximum atomic E-state index is 6.01. The molecule has 2 aliphatic heterocycles. The summed E-state index contributed by atoms with van der Waals surface area (Å²) in [5, 5.41) is 0. The molecule has 0 spiro atoms. The van der Waals surface area contributed by atoms with E-state index in [4.69, 9.17) is 15.2 Å². The number of rotatable bonds is 3. The van der Waals surface area contributed by atoms with Crippen molar-refractivity contribution in [1.29, 1.82) is 0 Å². The Bertz CT molecular complexity index is 497. The minimum atomic E-state index is 0.338. The number of hydrogen-bond donors (Lipinski definition) is 1. The molecule has 21 heavy (non-hydrogen) atoms. The molecule has 1 fully saturated rings. The first-order chi connectivity index (χ1) is 10.1. The summed E-state index contributed by atoms with van der Waals surface area (Å²) < 4.78 is 11.0. The van der Waals surface area contributed by atoms with Gasteiger partial charge >= 0.3 is 0 Å². The van der Waals surface area contributed by atoms with Gasteiger partial charge in [0.25, 0.3) is 0 Å². The first-order valence-corrected chi connectivity index (χ1v) is 7.71. The summed E-state index contributed by atoms with van der Waals surface area (Å²) in [6, 6.07) is 4.63. The number of fused-ring (bicyclic) bond motifs is 1. The molecule has 0 aromatic heterocycles. The highest BCUT2D eigenvalue weighted by atomic mass is 16.7. The largest absolute Gasteiger partial charge is 0.467 e. The fraction of sp³-hybridized carbons (Fsp3) is 0.625. The summed E-state index contributed by atoms with van der Waals surface area (Å²) >= 11 is 0. The molecule has 0 amide bonds. The Morgan fingerprint density at radius 3 is 2.67 bits per heavy atom. The number of nitrogens with two attached hydrogens (primary N) is 1. The lowest BCUT2D eigenvalue weighted by atomic mass is 10.1. The molecule has 0 radical (unpaired) electrons. The second-order valence-corrected chi connectivity index (χ2v) is 6.18. The zero-order chi connectivity index (χ0) is 14.8. The lowest BCUT2D eigenvalue weighted by Gasteiger charge is -2.37.